The molecule has 3 nitrogen and oxygen atoms in total. The molecule has 0 saturated carbocycles. The third-order valence-electron chi connectivity index (χ3n) is 2.94. The summed E-state index contributed by atoms with van der Waals surface area (Å²) in [5.41, 5.74) is 1.55. The first-order valence-electron chi connectivity index (χ1n) is 6.41. The van der Waals surface area contributed by atoms with Gasteiger partial charge in [0.25, 0.3) is 5.91 Å². The van der Waals surface area contributed by atoms with Crippen LogP contribution in [0.15, 0.2) is 42.5 Å². The maximum absolute atomic E-state index is 12.4. The number of carbonyl (C=O) groups excluding carboxylic acids is 1. The van der Waals surface area contributed by atoms with Crippen molar-refractivity contribution in [2.24, 2.45) is 0 Å². The zero-order chi connectivity index (χ0) is 14.8. The summed E-state index contributed by atoms with van der Waals surface area (Å²) < 4.78 is 0. The van der Waals surface area contributed by atoms with Gasteiger partial charge in [0.2, 0.25) is 0 Å². The van der Waals surface area contributed by atoms with Crippen LogP contribution < -0.4 is 5.32 Å². The summed E-state index contributed by atoms with van der Waals surface area (Å²) in [5, 5.41) is 3.13. The minimum atomic E-state index is -0.176. The smallest absolute Gasteiger partial charge is 0.257 e. The normalized spacial score (nSPS) is 11.2. The van der Waals surface area contributed by atoms with Crippen LogP contribution in [0.5, 0.6) is 0 Å². The van der Waals surface area contributed by atoms with Gasteiger partial charge in [0.15, 0.2) is 0 Å². The molecule has 20 heavy (non-hydrogen) atoms. The van der Waals surface area contributed by atoms with Crippen LogP contribution in [0.1, 0.15) is 36.7 Å². The monoisotopic (exact) mass is 288 g/mol. The third-order valence-corrected chi connectivity index (χ3v) is 3.15. The minimum Gasteiger partial charge on any atom is -0.307 e. The lowest BCUT2D eigenvalue weighted by atomic mass is 9.83. The molecule has 1 N–H and O–H groups in total. The molecule has 0 aliphatic heterocycles. The van der Waals surface area contributed by atoms with E-state index in [0.29, 0.717) is 16.5 Å². The zero-order valence-electron chi connectivity index (χ0n) is 11.8. The second-order valence-electron chi connectivity index (χ2n) is 5.60. The van der Waals surface area contributed by atoms with Crippen LogP contribution in [-0.2, 0) is 5.41 Å². The van der Waals surface area contributed by atoms with Crippen LogP contribution in [0.2, 0.25) is 5.15 Å². The molecule has 1 heterocycles. The molecular weight excluding hydrogens is 272 g/mol. The van der Waals surface area contributed by atoms with Crippen molar-refractivity contribution in [1.29, 1.82) is 0 Å². The standard InChI is InChI=1S/C16H17ClN2O/c1-16(2,3)12-8-5-4-7-11(12)15(20)19-14-10-6-9-13(17)18-14/h4-10H,1-3H3,(H,18,19,20). The molecule has 0 atom stereocenters. The Morgan fingerprint density at radius 1 is 1.10 bits per heavy atom. The Bertz CT molecular complexity index is 632. The van der Waals surface area contributed by atoms with Crippen LogP contribution in [0.25, 0.3) is 0 Å². The van der Waals surface area contributed by atoms with Gasteiger partial charge in [-0.1, -0.05) is 56.6 Å². The lowest BCUT2D eigenvalue weighted by Crippen LogP contribution is -2.21. The molecule has 0 saturated heterocycles. The summed E-state index contributed by atoms with van der Waals surface area (Å²) in [4.78, 5) is 16.5. The summed E-state index contributed by atoms with van der Waals surface area (Å²) >= 11 is 5.82. The second kappa shape index (κ2) is 5.63. The number of hydrogen-bond donors (Lipinski definition) is 1. The summed E-state index contributed by atoms with van der Waals surface area (Å²) in [6, 6.07) is 12.7. The van der Waals surface area contributed by atoms with Crippen LogP contribution in [0, 0.1) is 0 Å². The molecule has 1 aromatic heterocycles. The van der Waals surface area contributed by atoms with E-state index in [4.69, 9.17) is 11.6 Å². The zero-order valence-corrected chi connectivity index (χ0v) is 12.5. The third kappa shape index (κ3) is 3.36. The molecule has 0 aliphatic rings. The molecule has 1 aromatic carbocycles. The van der Waals surface area contributed by atoms with E-state index < -0.39 is 0 Å². The van der Waals surface area contributed by atoms with Gasteiger partial charge in [0.1, 0.15) is 11.0 Å². The SMILES string of the molecule is CC(C)(C)c1ccccc1C(=O)Nc1cccc(Cl)n1. The van der Waals surface area contributed by atoms with Gasteiger partial charge in [0.05, 0.1) is 0 Å². The quantitative estimate of drug-likeness (QED) is 0.838. The van der Waals surface area contributed by atoms with Gasteiger partial charge >= 0.3 is 0 Å². The van der Waals surface area contributed by atoms with Crippen molar-refractivity contribution in [2.45, 2.75) is 26.2 Å². The lowest BCUT2D eigenvalue weighted by Gasteiger charge is -2.22. The molecule has 0 aliphatic carbocycles. The summed E-state index contributed by atoms with van der Waals surface area (Å²) in [6.07, 6.45) is 0. The van der Waals surface area contributed by atoms with Gasteiger partial charge in [0, 0.05) is 5.56 Å². The predicted octanol–water partition coefficient (Wildman–Crippen LogP) is 4.28. The van der Waals surface area contributed by atoms with Crippen molar-refractivity contribution in [3.63, 3.8) is 0 Å². The van der Waals surface area contributed by atoms with Gasteiger partial charge < -0.3 is 5.32 Å². The van der Waals surface area contributed by atoms with Gasteiger partial charge in [-0.25, -0.2) is 4.98 Å². The number of nitrogens with one attached hydrogen (secondary N) is 1. The number of rotatable bonds is 2. The second-order valence-corrected chi connectivity index (χ2v) is 5.98. The van der Waals surface area contributed by atoms with E-state index in [1.165, 1.54) is 0 Å². The fraction of sp³-hybridized carbons (Fsp3) is 0.250. The minimum absolute atomic E-state index is 0.101. The number of amides is 1. The number of benzene rings is 1. The summed E-state index contributed by atoms with van der Waals surface area (Å²) in [7, 11) is 0. The molecule has 0 radical (unpaired) electrons. The average Bonchev–Trinajstić information content (AvgIpc) is 2.37. The van der Waals surface area contributed by atoms with Gasteiger partial charge in [-0.2, -0.15) is 0 Å². The number of nitrogens with zero attached hydrogens (tertiary/aromatic N) is 1. The molecule has 0 bridgehead atoms. The topological polar surface area (TPSA) is 42.0 Å². The Labute approximate surface area is 124 Å². The number of halogens is 1. The fourth-order valence-corrected chi connectivity index (χ4v) is 2.16. The van der Waals surface area contributed by atoms with Crippen molar-refractivity contribution in [1.82, 2.24) is 4.98 Å². The van der Waals surface area contributed by atoms with E-state index in [9.17, 15) is 4.79 Å². The molecule has 104 valence electrons. The van der Waals surface area contributed by atoms with E-state index in [0.717, 1.165) is 5.56 Å². The number of pyridine rings is 1. The predicted molar refractivity (Wildman–Crippen MR) is 82.3 cm³/mol. The first kappa shape index (κ1) is 14.5. The van der Waals surface area contributed by atoms with Crippen LogP contribution >= 0.6 is 11.6 Å². The maximum Gasteiger partial charge on any atom is 0.257 e. The summed E-state index contributed by atoms with van der Waals surface area (Å²) in [5.74, 6) is 0.275. The van der Waals surface area contributed by atoms with E-state index in [2.05, 4.69) is 31.1 Å². The van der Waals surface area contributed by atoms with Crippen molar-refractivity contribution >= 4 is 23.3 Å². The first-order chi connectivity index (χ1) is 9.38. The van der Waals surface area contributed by atoms with E-state index in [1.54, 1.807) is 18.2 Å². The van der Waals surface area contributed by atoms with E-state index in [1.807, 2.05) is 24.3 Å². The number of hydrogen-bond acceptors (Lipinski definition) is 2. The van der Waals surface area contributed by atoms with E-state index in [-0.39, 0.29) is 11.3 Å². The summed E-state index contributed by atoms with van der Waals surface area (Å²) in [6.45, 7) is 6.24. The van der Waals surface area contributed by atoms with Gasteiger partial charge in [-0.3, -0.25) is 4.79 Å². The molecule has 2 aromatic rings. The van der Waals surface area contributed by atoms with Crippen molar-refractivity contribution in [3.8, 4) is 0 Å². The maximum atomic E-state index is 12.4. The van der Waals surface area contributed by atoms with E-state index >= 15 is 0 Å². The number of anilines is 1. The molecule has 0 spiro atoms. The highest BCUT2D eigenvalue weighted by Gasteiger charge is 2.21. The van der Waals surface area contributed by atoms with Crippen molar-refractivity contribution in [2.75, 3.05) is 5.32 Å². The Balaban J connectivity index is 2.31. The number of aromatic nitrogens is 1. The molecule has 0 fully saturated rings. The largest absolute Gasteiger partial charge is 0.307 e. The first-order valence-corrected chi connectivity index (χ1v) is 6.79. The van der Waals surface area contributed by atoms with Crippen LogP contribution in [-0.4, -0.2) is 10.9 Å². The Morgan fingerprint density at radius 2 is 1.80 bits per heavy atom. The lowest BCUT2D eigenvalue weighted by molar-refractivity contribution is 0.102. The number of carbonyl (C=O) groups is 1. The van der Waals surface area contributed by atoms with Crippen LogP contribution in [0.4, 0.5) is 5.82 Å². The van der Waals surface area contributed by atoms with Crippen molar-refractivity contribution < 1.29 is 4.79 Å². The molecule has 1 amide bonds. The molecule has 0 unspecified atom stereocenters. The Hall–Kier alpha value is -1.87. The molecule has 4 heteroatoms. The Morgan fingerprint density at radius 3 is 2.45 bits per heavy atom. The highest BCUT2D eigenvalue weighted by molar-refractivity contribution is 6.29. The average molecular weight is 289 g/mol. The Kier molecular flexibility index (Phi) is 4.09. The van der Waals surface area contributed by atoms with Crippen LogP contribution in [0.3, 0.4) is 0 Å². The van der Waals surface area contributed by atoms with Gasteiger partial charge in [-0.05, 0) is 29.2 Å². The highest BCUT2D eigenvalue weighted by Crippen LogP contribution is 2.26. The highest BCUT2D eigenvalue weighted by atomic mass is 35.5. The fourth-order valence-electron chi connectivity index (χ4n) is 2.00. The molecule has 2 rings (SSSR count). The van der Waals surface area contributed by atoms with Gasteiger partial charge in [-0.15, -0.1) is 0 Å². The van der Waals surface area contributed by atoms with Crippen molar-refractivity contribution in [3.05, 3.63) is 58.7 Å². The molecular formula is C16H17ClN2O.